The maximum absolute atomic E-state index is 12.3. The molecule has 1 aromatic rings. The molecule has 2 saturated heterocycles. The van der Waals surface area contributed by atoms with Crippen molar-refractivity contribution in [1.29, 1.82) is 0 Å². The number of ether oxygens (including phenoxy) is 1. The van der Waals surface area contributed by atoms with Crippen LogP contribution in [0.25, 0.3) is 0 Å². The van der Waals surface area contributed by atoms with E-state index >= 15 is 0 Å². The average molecular weight is 341 g/mol. The van der Waals surface area contributed by atoms with Crippen LogP contribution in [-0.4, -0.2) is 59.9 Å². The third-order valence-electron chi connectivity index (χ3n) is 3.99. The molecular formula is C13H15N3O6S. The minimum absolute atomic E-state index is 0.231. The fourth-order valence-electron chi connectivity index (χ4n) is 2.91. The summed E-state index contributed by atoms with van der Waals surface area (Å²) in [5.41, 5.74) is 0.526. The number of anilines is 1. The molecule has 124 valence electrons. The highest BCUT2D eigenvalue weighted by Crippen LogP contribution is 2.35. The van der Waals surface area contributed by atoms with Gasteiger partial charge in [-0.15, -0.1) is 0 Å². The number of methoxy groups -OCH3 is 1. The van der Waals surface area contributed by atoms with Gasteiger partial charge in [0.05, 0.1) is 13.2 Å². The summed E-state index contributed by atoms with van der Waals surface area (Å²) in [6.45, 7) is 0.231. The SMILES string of the molecule is COc1ccc(NC(=O)N2CCC3C2C(=O)N3S(=O)(=O)O)cc1. The molecule has 3 amide bonds. The highest BCUT2D eigenvalue weighted by molar-refractivity contribution is 7.84. The summed E-state index contributed by atoms with van der Waals surface area (Å²) in [5, 5.41) is 2.64. The maximum Gasteiger partial charge on any atom is 0.362 e. The Kier molecular flexibility index (Phi) is 3.65. The minimum atomic E-state index is -4.57. The number of carbonyl (C=O) groups excluding carboxylic acids is 2. The number of nitrogens with one attached hydrogen (secondary N) is 1. The lowest BCUT2D eigenvalue weighted by Gasteiger charge is -2.42. The van der Waals surface area contributed by atoms with E-state index in [1.807, 2.05) is 0 Å². The van der Waals surface area contributed by atoms with Crippen LogP contribution in [0.4, 0.5) is 10.5 Å². The van der Waals surface area contributed by atoms with E-state index in [1.54, 1.807) is 24.3 Å². The summed E-state index contributed by atoms with van der Waals surface area (Å²) < 4.78 is 36.7. The Morgan fingerprint density at radius 2 is 2.00 bits per heavy atom. The molecular weight excluding hydrogens is 326 g/mol. The van der Waals surface area contributed by atoms with Gasteiger partial charge in [0.2, 0.25) is 0 Å². The number of likely N-dealkylation sites (tertiary alicyclic amines) is 1. The summed E-state index contributed by atoms with van der Waals surface area (Å²) in [4.78, 5) is 25.4. The molecule has 2 aliphatic heterocycles. The molecule has 9 nitrogen and oxygen atoms in total. The van der Waals surface area contributed by atoms with Gasteiger partial charge in [0.25, 0.3) is 5.91 Å². The van der Waals surface area contributed by atoms with Gasteiger partial charge in [0, 0.05) is 12.2 Å². The largest absolute Gasteiger partial charge is 0.497 e. The zero-order valence-electron chi connectivity index (χ0n) is 12.2. The Hall–Kier alpha value is -2.33. The van der Waals surface area contributed by atoms with E-state index < -0.39 is 34.3 Å². The zero-order chi connectivity index (χ0) is 16.8. The van der Waals surface area contributed by atoms with Crippen LogP contribution in [0, 0.1) is 0 Å². The lowest BCUT2D eigenvalue weighted by Crippen LogP contribution is -2.68. The molecule has 2 fully saturated rings. The van der Waals surface area contributed by atoms with Crippen molar-refractivity contribution < 1.29 is 27.3 Å². The zero-order valence-corrected chi connectivity index (χ0v) is 13.0. The molecule has 2 atom stereocenters. The first kappa shape index (κ1) is 15.6. The maximum atomic E-state index is 12.3. The summed E-state index contributed by atoms with van der Waals surface area (Å²) in [5.74, 6) is -0.151. The van der Waals surface area contributed by atoms with E-state index in [0.29, 0.717) is 22.2 Å². The second kappa shape index (κ2) is 5.39. The van der Waals surface area contributed by atoms with Gasteiger partial charge in [-0.1, -0.05) is 0 Å². The molecule has 3 rings (SSSR count). The Morgan fingerprint density at radius 1 is 1.35 bits per heavy atom. The van der Waals surface area contributed by atoms with Crippen molar-refractivity contribution in [2.45, 2.75) is 18.5 Å². The van der Waals surface area contributed by atoms with E-state index in [2.05, 4.69) is 5.32 Å². The number of nitrogens with zero attached hydrogens (tertiary/aromatic N) is 2. The Bertz CT molecular complexity index is 747. The van der Waals surface area contributed by atoms with Crippen molar-refractivity contribution >= 4 is 27.9 Å². The van der Waals surface area contributed by atoms with Crippen molar-refractivity contribution in [2.75, 3.05) is 19.0 Å². The van der Waals surface area contributed by atoms with Crippen LogP contribution in [-0.2, 0) is 15.1 Å². The van der Waals surface area contributed by atoms with Crippen LogP contribution in [0.3, 0.4) is 0 Å². The van der Waals surface area contributed by atoms with Gasteiger partial charge in [-0.2, -0.15) is 8.42 Å². The predicted molar refractivity (Wildman–Crippen MR) is 79.3 cm³/mol. The van der Waals surface area contributed by atoms with Gasteiger partial charge in [0.1, 0.15) is 11.8 Å². The van der Waals surface area contributed by atoms with Gasteiger partial charge in [-0.05, 0) is 30.7 Å². The minimum Gasteiger partial charge on any atom is -0.497 e. The number of amides is 3. The fraction of sp³-hybridized carbons (Fsp3) is 0.385. The molecule has 23 heavy (non-hydrogen) atoms. The summed E-state index contributed by atoms with van der Waals surface area (Å²) in [7, 11) is -3.04. The van der Waals surface area contributed by atoms with E-state index in [0.717, 1.165) is 0 Å². The van der Waals surface area contributed by atoms with Crippen molar-refractivity contribution in [3.8, 4) is 5.75 Å². The predicted octanol–water partition coefficient (Wildman–Crippen LogP) is 0.315. The van der Waals surface area contributed by atoms with E-state index in [1.165, 1.54) is 12.0 Å². The second-order valence-corrected chi connectivity index (χ2v) is 6.55. The molecule has 2 N–H and O–H groups in total. The molecule has 0 bridgehead atoms. The summed E-state index contributed by atoms with van der Waals surface area (Å²) >= 11 is 0. The van der Waals surface area contributed by atoms with E-state index in [-0.39, 0.29) is 6.54 Å². The molecule has 0 aliphatic carbocycles. The Morgan fingerprint density at radius 3 is 2.57 bits per heavy atom. The molecule has 1 aromatic carbocycles. The quantitative estimate of drug-likeness (QED) is 0.604. The molecule has 10 heteroatoms. The highest BCUT2D eigenvalue weighted by atomic mass is 32.2. The normalized spacial score (nSPS) is 23.3. The molecule has 0 aromatic heterocycles. The Balaban J connectivity index is 1.69. The van der Waals surface area contributed by atoms with Crippen molar-refractivity contribution in [3.63, 3.8) is 0 Å². The number of carbonyl (C=O) groups is 2. The molecule has 0 spiro atoms. The standard InChI is InChI=1S/C13H15N3O6S/c1-22-9-4-2-8(3-5-9)14-13(18)15-7-6-10-11(15)12(17)16(10)23(19,20)21/h2-5,10-11H,6-7H2,1H3,(H,14,18)(H,19,20,21). The summed E-state index contributed by atoms with van der Waals surface area (Å²) in [6.07, 6.45) is 0.298. The third kappa shape index (κ3) is 2.59. The number of β-lactam (4-membered cyclic amide) rings is 1. The number of hydrogen-bond acceptors (Lipinski definition) is 5. The smallest absolute Gasteiger partial charge is 0.362 e. The number of rotatable bonds is 3. The molecule has 0 radical (unpaired) electrons. The van der Waals surface area contributed by atoms with Gasteiger partial charge >= 0.3 is 16.3 Å². The fourth-order valence-corrected chi connectivity index (χ4v) is 3.81. The molecule has 2 heterocycles. The molecule has 2 unspecified atom stereocenters. The Labute approximate surface area is 132 Å². The van der Waals surface area contributed by atoms with Gasteiger partial charge < -0.3 is 15.0 Å². The highest BCUT2D eigenvalue weighted by Gasteiger charge is 2.60. The van der Waals surface area contributed by atoms with Crippen LogP contribution < -0.4 is 10.1 Å². The average Bonchev–Trinajstić information content (AvgIpc) is 2.85. The van der Waals surface area contributed by atoms with Crippen LogP contribution >= 0.6 is 0 Å². The van der Waals surface area contributed by atoms with Gasteiger partial charge in [-0.3, -0.25) is 9.35 Å². The van der Waals surface area contributed by atoms with Crippen molar-refractivity contribution in [3.05, 3.63) is 24.3 Å². The van der Waals surface area contributed by atoms with E-state index in [9.17, 15) is 18.0 Å². The van der Waals surface area contributed by atoms with Crippen LogP contribution in [0.5, 0.6) is 5.75 Å². The number of urea groups is 1. The number of fused-ring (bicyclic) bond motifs is 1. The first-order valence-corrected chi connectivity index (χ1v) is 8.25. The van der Waals surface area contributed by atoms with Crippen molar-refractivity contribution in [2.24, 2.45) is 0 Å². The second-order valence-electron chi connectivity index (χ2n) is 5.26. The van der Waals surface area contributed by atoms with E-state index in [4.69, 9.17) is 9.29 Å². The molecule has 2 aliphatic rings. The first-order valence-electron chi connectivity index (χ1n) is 6.85. The third-order valence-corrected chi connectivity index (χ3v) is 4.94. The lowest BCUT2D eigenvalue weighted by atomic mass is 10.0. The first-order chi connectivity index (χ1) is 10.8. The number of benzene rings is 1. The van der Waals surface area contributed by atoms with Crippen LogP contribution in [0.2, 0.25) is 0 Å². The van der Waals surface area contributed by atoms with Crippen LogP contribution in [0.1, 0.15) is 6.42 Å². The molecule has 0 saturated carbocycles. The topological polar surface area (TPSA) is 116 Å². The lowest BCUT2D eigenvalue weighted by molar-refractivity contribution is -0.143. The van der Waals surface area contributed by atoms with Crippen LogP contribution in [0.15, 0.2) is 24.3 Å². The monoisotopic (exact) mass is 341 g/mol. The number of hydrogen-bond donors (Lipinski definition) is 2. The van der Waals surface area contributed by atoms with Crippen molar-refractivity contribution in [1.82, 2.24) is 9.21 Å². The summed E-state index contributed by atoms with van der Waals surface area (Å²) in [6, 6.07) is 4.61. The van der Waals surface area contributed by atoms with Gasteiger partial charge in [-0.25, -0.2) is 9.10 Å². The van der Waals surface area contributed by atoms with Gasteiger partial charge in [0.15, 0.2) is 0 Å².